The second kappa shape index (κ2) is 6.08. The summed E-state index contributed by atoms with van der Waals surface area (Å²) in [6.45, 7) is 0. The van der Waals surface area contributed by atoms with Crippen LogP contribution in [0.15, 0.2) is 72.8 Å². The second-order valence-corrected chi connectivity index (χ2v) is 5.00. The Morgan fingerprint density at radius 3 is 1.95 bits per heavy atom. The highest BCUT2D eigenvalue weighted by Crippen LogP contribution is 2.34. The van der Waals surface area contributed by atoms with E-state index in [1.54, 1.807) is 36.4 Å². The number of aliphatic hydroxyl groups is 1. The first-order chi connectivity index (χ1) is 10.7. The van der Waals surface area contributed by atoms with Gasteiger partial charge in [0.15, 0.2) is 0 Å². The van der Waals surface area contributed by atoms with E-state index in [0.717, 1.165) is 0 Å². The zero-order chi connectivity index (χ0) is 15.5. The van der Waals surface area contributed by atoms with E-state index in [9.17, 15) is 13.9 Å². The first-order valence-electron chi connectivity index (χ1n) is 6.95. The Labute approximate surface area is 127 Å². The number of benzene rings is 3. The summed E-state index contributed by atoms with van der Waals surface area (Å²) < 4.78 is 28.1. The normalized spacial score (nSPS) is 12.1. The van der Waals surface area contributed by atoms with Crippen molar-refractivity contribution in [2.45, 2.75) is 6.10 Å². The van der Waals surface area contributed by atoms with Crippen LogP contribution in [0.25, 0.3) is 11.1 Å². The summed E-state index contributed by atoms with van der Waals surface area (Å²) >= 11 is 0. The van der Waals surface area contributed by atoms with Crippen LogP contribution in [0.5, 0.6) is 0 Å². The number of halogens is 2. The molecule has 0 spiro atoms. The SMILES string of the molecule is OC(c1ccccc1)c1ccccc1-c1c(F)cccc1F. The molecule has 0 heterocycles. The third-order valence-electron chi connectivity index (χ3n) is 3.60. The van der Waals surface area contributed by atoms with Gasteiger partial charge in [-0.2, -0.15) is 0 Å². The third-order valence-corrected chi connectivity index (χ3v) is 3.60. The van der Waals surface area contributed by atoms with Crippen molar-refractivity contribution in [2.75, 3.05) is 0 Å². The highest BCUT2D eigenvalue weighted by molar-refractivity contribution is 5.69. The Balaban J connectivity index is 2.16. The minimum absolute atomic E-state index is 0.118. The van der Waals surface area contributed by atoms with Crippen molar-refractivity contribution in [3.8, 4) is 11.1 Å². The van der Waals surface area contributed by atoms with Crippen molar-refractivity contribution >= 4 is 0 Å². The smallest absolute Gasteiger partial charge is 0.133 e. The number of rotatable bonds is 3. The Morgan fingerprint density at radius 1 is 0.682 bits per heavy atom. The fourth-order valence-electron chi connectivity index (χ4n) is 2.53. The van der Waals surface area contributed by atoms with Crippen molar-refractivity contribution < 1.29 is 13.9 Å². The van der Waals surface area contributed by atoms with Crippen LogP contribution in [-0.2, 0) is 0 Å². The van der Waals surface area contributed by atoms with Gasteiger partial charge in [-0.25, -0.2) is 8.78 Å². The van der Waals surface area contributed by atoms with Crippen LogP contribution in [0.2, 0.25) is 0 Å². The number of aliphatic hydroxyl groups excluding tert-OH is 1. The third kappa shape index (κ3) is 2.63. The molecule has 0 amide bonds. The largest absolute Gasteiger partial charge is 0.384 e. The Kier molecular flexibility index (Phi) is 3.98. The summed E-state index contributed by atoms with van der Waals surface area (Å²) in [5.41, 5.74) is 1.38. The maximum absolute atomic E-state index is 14.1. The Bertz CT molecular complexity index is 764. The van der Waals surface area contributed by atoms with Gasteiger partial charge in [0.25, 0.3) is 0 Å². The lowest BCUT2D eigenvalue weighted by atomic mass is 9.92. The molecule has 0 saturated carbocycles. The van der Waals surface area contributed by atoms with Crippen molar-refractivity contribution in [3.05, 3.63) is 95.6 Å². The lowest BCUT2D eigenvalue weighted by Crippen LogP contribution is -2.03. The van der Waals surface area contributed by atoms with Gasteiger partial charge in [-0.1, -0.05) is 60.7 Å². The molecular weight excluding hydrogens is 282 g/mol. The van der Waals surface area contributed by atoms with E-state index in [-0.39, 0.29) is 5.56 Å². The van der Waals surface area contributed by atoms with Crippen LogP contribution in [0.4, 0.5) is 8.78 Å². The lowest BCUT2D eigenvalue weighted by molar-refractivity contribution is 0.221. The van der Waals surface area contributed by atoms with Gasteiger partial charge < -0.3 is 5.11 Å². The van der Waals surface area contributed by atoms with Gasteiger partial charge in [-0.3, -0.25) is 0 Å². The number of hydrogen-bond donors (Lipinski definition) is 1. The van der Waals surface area contributed by atoms with Gasteiger partial charge in [-0.15, -0.1) is 0 Å². The molecule has 1 nitrogen and oxygen atoms in total. The minimum Gasteiger partial charge on any atom is -0.384 e. The van der Waals surface area contributed by atoms with Crippen LogP contribution in [0.1, 0.15) is 17.2 Å². The Hall–Kier alpha value is -2.52. The molecule has 3 aromatic carbocycles. The van der Waals surface area contributed by atoms with Gasteiger partial charge in [0.05, 0.1) is 5.56 Å². The lowest BCUT2D eigenvalue weighted by Gasteiger charge is -2.17. The van der Waals surface area contributed by atoms with Crippen LogP contribution < -0.4 is 0 Å². The van der Waals surface area contributed by atoms with Gasteiger partial charge >= 0.3 is 0 Å². The molecule has 0 aliphatic rings. The minimum atomic E-state index is -0.948. The van der Waals surface area contributed by atoms with E-state index in [1.165, 1.54) is 18.2 Å². The maximum Gasteiger partial charge on any atom is 0.133 e. The van der Waals surface area contributed by atoms with E-state index < -0.39 is 17.7 Å². The van der Waals surface area contributed by atoms with Gasteiger partial charge in [0, 0.05) is 0 Å². The summed E-state index contributed by atoms with van der Waals surface area (Å²) in [5.74, 6) is -1.29. The van der Waals surface area contributed by atoms with E-state index in [4.69, 9.17) is 0 Å². The molecular formula is C19H14F2O. The summed E-state index contributed by atoms with van der Waals surface area (Å²) in [4.78, 5) is 0. The predicted octanol–water partition coefficient (Wildman–Crippen LogP) is 4.71. The highest BCUT2D eigenvalue weighted by atomic mass is 19.1. The van der Waals surface area contributed by atoms with Crippen LogP contribution >= 0.6 is 0 Å². The van der Waals surface area contributed by atoms with E-state index in [0.29, 0.717) is 16.7 Å². The second-order valence-electron chi connectivity index (χ2n) is 5.00. The molecule has 3 heteroatoms. The zero-order valence-electron chi connectivity index (χ0n) is 11.7. The monoisotopic (exact) mass is 296 g/mol. The average molecular weight is 296 g/mol. The summed E-state index contributed by atoms with van der Waals surface area (Å²) in [6, 6.07) is 19.5. The van der Waals surface area contributed by atoms with Crippen molar-refractivity contribution in [1.82, 2.24) is 0 Å². The van der Waals surface area contributed by atoms with Crippen LogP contribution in [0.3, 0.4) is 0 Å². The molecule has 22 heavy (non-hydrogen) atoms. The molecule has 110 valence electrons. The molecule has 0 aromatic heterocycles. The van der Waals surface area contributed by atoms with Gasteiger partial charge in [0.2, 0.25) is 0 Å². The molecule has 3 aromatic rings. The fourth-order valence-corrected chi connectivity index (χ4v) is 2.53. The van der Waals surface area contributed by atoms with E-state index in [1.807, 2.05) is 18.2 Å². The first kappa shape index (κ1) is 14.4. The maximum atomic E-state index is 14.1. The first-order valence-corrected chi connectivity index (χ1v) is 6.95. The predicted molar refractivity (Wildman–Crippen MR) is 82.3 cm³/mol. The van der Waals surface area contributed by atoms with Gasteiger partial charge in [-0.05, 0) is 28.8 Å². The van der Waals surface area contributed by atoms with Crippen LogP contribution in [-0.4, -0.2) is 5.11 Å². The quantitative estimate of drug-likeness (QED) is 0.742. The van der Waals surface area contributed by atoms with Gasteiger partial charge in [0.1, 0.15) is 17.7 Å². The molecule has 1 unspecified atom stereocenters. The molecule has 0 saturated heterocycles. The molecule has 0 fully saturated rings. The summed E-state index contributed by atoms with van der Waals surface area (Å²) in [7, 11) is 0. The molecule has 1 N–H and O–H groups in total. The summed E-state index contributed by atoms with van der Waals surface area (Å²) in [6.07, 6.45) is -0.948. The molecule has 1 atom stereocenters. The fraction of sp³-hybridized carbons (Fsp3) is 0.0526. The van der Waals surface area contributed by atoms with E-state index in [2.05, 4.69) is 0 Å². The topological polar surface area (TPSA) is 20.2 Å². The molecule has 0 aliphatic carbocycles. The van der Waals surface area contributed by atoms with Crippen LogP contribution in [0, 0.1) is 11.6 Å². The van der Waals surface area contributed by atoms with E-state index >= 15 is 0 Å². The molecule has 3 rings (SSSR count). The average Bonchev–Trinajstić information content (AvgIpc) is 2.55. The zero-order valence-corrected chi connectivity index (χ0v) is 11.7. The number of hydrogen-bond acceptors (Lipinski definition) is 1. The molecule has 0 radical (unpaired) electrons. The molecule has 0 bridgehead atoms. The van der Waals surface area contributed by atoms with Crippen molar-refractivity contribution in [2.24, 2.45) is 0 Å². The standard InChI is InChI=1S/C19H14F2O/c20-16-11-6-12-17(21)18(16)14-9-4-5-10-15(14)19(22)13-7-2-1-3-8-13/h1-12,19,22H. The van der Waals surface area contributed by atoms with Crippen molar-refractivity contribution in [3.63, 3.8) is 0 Å². The molecule has 0 aliphatic heterocycles. The van der Waals surface area contributed by atoms with Crippen molar-refractivity contribution in [1.29, 1.82) is 0 Å². The Morgan fingerprint density at radius 2 is 1.27 bits per heavy atom. The highest BCUT2D eigenvalue weighted by Gasteiger charge is 2.19. The summed E-state index contributed by atoms with van der Waals surface area (Å²) in [5, 5.41) is 10.6.